The lowest BCUT2D eigenvalue weighted by atomic mass is 9.89. The maximum Gasteiger partial charge on any atom is 0.244 e. The number of benzene rings is 1. The fraction of sp³-hybridized carbons (Fsp3) is 0.389. The van der Waals surface area contributed by atoms with Crippen molar-refractivity contribution in [3.05, 3.63) is 59.4 Å². The zero-order valence-corrected chi connectivity index (χ0v) is 13.3. The van der Waals surface area contributed by atoms with Crippen LogP contribution < -0.4 is 5.32 Å². The van der Waals surface area contributed by atoms with Crippen molar-refractivity contribution in [2.75, 3.05) is 13.1 Å². The number of fused-ring (bicyclic) bond motifs is 1. The molecular formula is C18H19FN4O. The Labute approximate surface area is 139 Å². The van der Waals surface area contributed by atoms with Crippen LogP contribution in [0.5, 0.6) is 0 Å². The van der Waals surface area contributed by atoms with E-state index in [0.717, 1.165) is 29.7 Å². The molecule has 2 aliphatic heterocycles. The molecule has 1 fully saturated rings. The van der Waals surface area contributed by atoms with Gasteiger partial charge in [0.1, 0.15) is 18.2 Å². The molecule has 5 nitrogen and oxygen atoms in total. The molecule has 3 heterocycles. The van der Waals surface area contributed by atoms with E-state index in [1.807, 2.05) is 17.0 Å². The summed E-state index contributed by atoms with van der Waals surface area (Å²) in [6.45, 7) is 1.90. The molecule has 2 aliphatic rings. The molecule has 0 saturated carbocycles. The van der Waals surface area contributed by atoms with Crippen molar-refractivity contribution in [3.63, 3.8) is 0 Å². The molecule has 2 aromatic rings. The minimum atomic E-state index is -0.355. The van der Waals surface area contributed by atoms with Crippen molar-refractivity contribution in [2.24, 2.45) is 0 Å². The number of likely N-dealkylation sites (tertiary alicyclic amines) is 1. The highest BCUT2D eigenvalue weighted by atomic mass is 19.1. The minimum Gasteiger partial charge on any atom is -0.341 e. The molecule has 24 heavy (non-hydrogen) atoms. The van der Waals surface area contributed by atoms with Gasteiger partial charge in [0.2, 0.25) is 5.91 Å². The van der Waals surface area contributed by atoms with Crippen molar-refractivity contribution in [3.8, 4) is 0 Å². The molecule has 124 valence electrons. The largest absolute Gasteiger partial charge is 0.341 e. The number of halogens is 1. The zero-order chi connectivity index (χ0) is 16.5. The smallest absolute Gasteiger partial charge is 0.244 e. The van der Waals surface area contributed by atoms with Crippen LogP contribution in [-0.2, 0) is 11.3 Å². The number of hydrogen-bond donors (Lipinski definition) is 1. The van der Waals surface area contributed by atoms with Gasteiger partial charge in [-0.1, -0.05) is 18.2 Å². The van der Waals surface area contributed by atoms with E-state index in [4.69, 9.17) is 0 Å². The van der Waals surface area contributed by atoms with Gasteiger partial charge in [-0.15, -0.1) is 0 Å². The lowest BCUT2D eigenvalue weighted by molar-refractivity contribution is -0.134. The number of nitrogens with zero attached hydrogens (tertiary/aromatic N) is 3. The molecule has 1 atom stereocenters. The molecule has 0 radical (unpaired) electrons. The van der Waals surface area contributed by atoms with Crippen LogP contribution in [0.1, 0.15) is 41.6 Å². The first-order valence-electron chi connectivity index (χ1n) is 8.29. The second-order valence-corrected chi connectivity index (χ2v) is 6.36. The number of carbonyl (C=O) groups is 1. The molecule has 1 amide bonds. The Kier molecular flexibility index (Phi) is 3.98. The lowest BCUT2D eigenvalue weighted by Crippen LogP contribution is -2.43. The van der Waals surface area contributed by atoms with Gasteiger partial charge in [-0.25, -0.2) is 14.4 Å². The Bertz CT molecular complexity index is 758. The lowest BCUT2D eigenvalue weighted by Gasteiger charge is -2.34. The summed E-state index contributed by atoms with van der Waals surface area (Å²) in [5.41, 5.74) is 2.53. The van der Waals surface area contributed by atoms with E-state index >= 15 is 0 Å². The van der Waals surface area contributed by atoms with E-state index in [2.05, 4.69) is 15.3 Å². The van der Waals surface area contributed by atoms with Gasteiger partial charge < -0.3 is 4.90 Å². The highest BCUT2D eigenvalue weighted by Gasteiger charge is 2.34. The van der Waals surface area contributed by atoms with Crippen LogP contribution in [0.15, 0.2) is 36.8 Å². The first-order chi connectivity index (χ1) is 11.7. The van der Waals surface area contributed by atoms with E-state index in [1.54, 1.807) is 12.3 Å². The quantitative estimate of drug-likeness (QED) is 0.919. The number of carbonyl (C=O) groups excluding carboxylic acids is 1. The standard InChI is InChI=1S/C18H19FN4O/c19-15-4-2-1-3-13(15)12-5-7-23(8-6-12)18(24)17-14-9-20-11-22-16(14)10-21-17/h1-4,9,11-12,17,21H,5-8,10H2. The normalized spacial score (nSPS) is 20.9. The fourth-order valence-corrected chi connectivity index (χ4v) is 3.68. The molecule has 0 bridgehead atoms. The summed E-state index contributed by atoms with van der Waals surface area (Å²) in [6.07, 6.45) is 4.80. The molecule has 1 unspecified atom stereocenters. The number of nitrogens with one attached hydrogen (secondary N) is 1. The summed E-state index contributed by atoms with van der Waals surface area (Å²) in [7, 11) is 0. The van der Waals surface area contributed by atoms with Crippen molar-refractivity contribution in [2.45, 2.75) is 31.3 Å². The Morgan fingerprint density at radius 3 is 2.79 bits per heavy atom. The summed E-state index contributed by atoms with van der Waals surface area (Å²) in [5, 5.41) is 3.22. The van der Waals surface area contributed by atoms with Crippen LogP contribution in [-0.4, -0.2) is 33.9 Å². The third-order valence-electron chi connectivity index (χ3n) is 5.01. The predicted octanol–water partition coefficient (Wildman–Crippen LogP) is 2.17. The van der Waals surface area contributed by atoms with Gasteiger partial charge in [-0.05, 0) is 30.4 Å². The Balaban J connectivity index is 1.43. The monoisotopic (exact) mass is 326 g/mol. The van der Waals surface area contributed by atoms with Crippen LogP contribution >= 0.6 is 0 Å². The van der Waals surface area contributed by atoms with Gasteiger partial charge in [-0.2, -0.15) is 0 Å². The van der Waals surface area contributed by atoms with Crippen LogP contribution in [0.2, 0.25) is 0 Å². The second-order valence-electron chi connectivity index (χ2n) is 6.36. The van der Waals surface area contributed by atoms with Gasteiger partial charge in [-0.3, -0.25) is 10.1 Å². The molecule has 1 aromatic carbocycles. The third-order valence-corrected chi connectivity index (χ3v) is 5.01. The third kappa shape index (κ3) is 2.67. The van der Waals surface area contributed by atoms with Crippen molar-refractivity contribution in [1.29, 1.82) is 0 Å². The van der Waals surface area contributed by atoms with Crippen LogP contribution in [0.25, 0.3) is 0 Å². The summed E-state index contributed by atoms with van der Waals surface area (Å²) in [5.74, 6) is 0.101. The number of piperidine rings is 1. The SMILES string of the molecule is O=C(C1NCc2ncncc21)N1CCC(c2ccccc2F)CC1. The average Bonchev–Trinajstić information content (AvgIpc) is 3.06. The van der Waals surface area contributed by atoms with E-state index in [0.29, 0.717) is 19.6 Å². The van der Waals surface area contributed by atoms with E-state index < -0.39 is 0 Å². The summed E-state index contributed by atoms with van der Waals surface area (Å²) in [6, 6.07) is 6.58. The summed E-state index contributed by atoms with van der Waals surface area (Å²) in [4.78, 5) is 22.9. The Morgan fingerprint density at radius 1 is 1.21 bits per heavy atom. The first kappa shape index (κ1) is 15.2. The average molecular weight is 326 g/mol. The molecule has 0 aliphatic carbocycles. The summed E-state index contributed by atoms with van der Waals surface area (Å²) >= 11 is 0. The Morgan fingerprint density at radius 2 is 2.00 bits per heavy atom. The van der Waals surface area contributed by atoms with Gasteiger partial charge in [0, 0.05) is 31.4 Å². The maximum atomic E-state index is 13.9. The molecule has 4 rings (SSSR count). The van der Waals surface area contributed by atoms with Crippen molar-refractivity contribution in [1.82, 2.24) is 20.2 Å². The van der Waals surface area contributed by atoms with Gasteiger partial charge in [0.15, 0.2) is 0 Å². The maximum absolute atomic E-state index is 13.9. The Hall–Kier alpha value is -2.34. The highest BCUT2D eigenvalue weighted by Crippen LogP contribution is 2.32. The predicted molar refractivity (Wildman–Crippen MR) is 86.6 cm³/mol. The van der Waals surface area contributed by atoms with Crippen LogP contribution in [0.3, 0.4) is 0 Å². The number of hydrogen-bond acceptors (Lipinski definition) is 4. The van der Waals surface area contributed by atoms with Gasteiger partial charge in [0.05, 0.1) is 5.69 Å². The van der Waals surface area contributed by atoms with Crippen molar-refractivity contribution >= 4 is 5.91 Å². The van der Waals surface area contributed by atoms with E-state index in [9.17, 15) is 9.18 Å². The number of aromatic nitrogens is 2. The molecule has 1 aromatic heterocycles. The molecule has 6 heteroatoms. The van der Waals surface area contributed by atoms with E-state index in [-0.39, 0.29) is 23.7 Å². The zero-order valence-electron chi connectivity index (χ0n) is 13.3. The number of rotatable bonds is 2. The molecular weight excluding hydrogens is 307 g/mol. The topological polar surface area (TPSA) is 58.1 Å². The van der Waals surface area contributed by atoms with E-state index in [1.165, 1.54) is 12.4 Å². The molecule has 1 N–H and O–H groups in total. The van der Waals surface area contributed by atoms with Crippen molar-refractivity contribution < 1.29 is 9.18 Å². The van der Waals surface area contributed by atoms with Gasteiger partial charge in [0.25, 0.3) is 0 Å². The highest BCUT2D eigenvalue weighted by molar-refractivity contribution is 5.84. The first-order valence-corrected chi connectivity index (χ1v) is 8.29. The summed E-state index contributed by atoms with van der Waals surface area (Å²) < 4.78 is 13.9. The number of amides is 1. The van der Waals surface area contributed by atoms with Crippen LogP contribution in [0, 0.1) is 5.82 Å². The minimum absolute atomic E-state index is 0.0653. The second kappa shape index (κ2) is 6.28. The molecule has 1 saturated heterocycles. The fourth-order valence-electron chi connectivity index (χ4n) is 3.68. The van der Waals surface area contributed by atoms with Crippen LogP contribution in [0.4, 0.5) is 4.39 Å². The molecule has 0 spiro atoms. The van der Waals surface area contributed by atoms with Gasteiger partial charge >= 0.3 is 0 Å².